The molecule has 0 heterocycles. The number of carboxylic acid groups (broad SMARTS) is 1. The molecular formula is C11H18O2. The van der Waals surface area contributed by atoms with Crippen LogP contribution in [0.2, 0.25) is 0 Å². The Morgan fingerprint density at radius 3 is 2.38 bits per heavy atom. The second kappa shape index (κ2) is 3.17. The van der Waals surface area contributed by atoms with Gasteiger partial charge >= 0.3 is 5.97 Å². The van der Waals surface area contributed by atoms with Crippen molar-refractivity contribution < 1.29 is 9.90 Å². The fraction of sp³-hybridized carbons (Fsp3) is 0.727. The van der Waals surface area contributed by atoms with Crippen LogP contribution in [0.3, 0.4) is 0 Å². The molecule has 0 spiro atoms. The zero-order valence-corrected chi connectivity index (χ0v) is 8.79. The first-order valence-electron chi connectivity index (χ1n) is 4.81. The molecule has 0 aliphatic heterocycles. The zero-order chi connectivity index (χ0) is 10.2. The highest BCUT2D eigenvalue weighted by Crippen LogP contribution is 2.59. The third kappa shape index (κ3) is 1.77. The lowest BCUT2D eigenvalue weighted by atomic mass is 10.1. The van der Waals surface area contributed by atoms with Crippen LogP contribution in [0, 0.1) is 17.3 Å². The molecule has 1 rings (SSSR count). The van der Waals surface area contributed by atoms with Gasteiger partial charge in [0.2, 0.25) is 0 Å². The second-order valence-electron chi connectivity index (χ2n) is 4.53. The molecule has 0 aromatic rings. The number of carboxylic acids is 1. The summed E-state index contributed by atoms with van der Waals surface area (Å²) in [7, 11) is 0. The van der Waals surface area contributed by atoms with Crippen molar-refractivity contribution in [3.8, 4) is 0 Å². The van der Waals surface area contributed by atoms with Gasteiger partial charge in [-0.05, 0) is 24.7 Å². The third-order valence-electron chi connectivity index (χ3n) is 3.20. The summed E-state index contributed by atoms with van der Waals surface area (Å²) < 4.78 is 0. The maximum absolute atomic E-state index is 10.8. The number of hydrogen-bond acceptors (Lipinski definition) is 1. The van der Waals surface area contributed by atoms with E-state index < -0.39 is 5.97 Å². The largest absolute Gasteiger partial charge is 0.481 e. The summed E-state index contributed by atoms with van der Waals surface area (Å²) in [5.41, 5.74) is 1.25. The van der Waals surface area contributed by atoms with E-state index in [2.05, 4.69) is 19.9 Å². The molecule has 2 heteroatoms. The Kier molecular flexibility index (Phi) is 2.51. The molecule has 1 aliphatic rings. The van der Waals surface area contributed by atoms with Crippen LogP contribution in [-0.4, -0.2) is 11.1 Å². The van der Waals surface area contributed by atoms with Gasteiger partial charge in [0.15, 0.2) is 0 Å². The average molecular weight is 182 g/mol. The predicted octanol–water partition coefficient (Wildman–Crippen LogP) is 2.70. The lowest BCUT2D eigenvalue weighted by Gasteiger charge is -1.98. The van der Waals surface area contributed by atoms with Crippen LogP contribution in [0.4, 0.5) is 0 Å². The van der Waals surface area contributed by atoms with Gasteiger partial charge in [0.1, 0.15) is 0 Å². The highest BCUT2D eigenvalue weighted by atomic mass is 16.4. The Morgan fingerprint density at radius 2 is 2.08 bits per heavy atom. The fourth-order valence-corrected chi connectivity index (χ4v) is 1.88. The van der Waals surface area contributed by atoms with E-state index in [1.807, 2.05) is 13.8 Å². The number of aliphatic carboxylic acids is 1. The Labute approximate surface area is 79.6 Å². The van der Waals surface area contributed by atoms with Crippen LogP contribution in [0.25, 0.3) is 0 Å². The minimum atomic E-state index is -0.657. The van der Waals surface area contributed by atoms with Crippen LogP contribution in [0.5, 0.6) is 0 Å². The van der Waals surface area contributed by atoms with Crippen molar-refractivity contribution in [2.75, 3.05) is 0 Å². The van der Waals surface area contributed by atoms with E-state index in [-0.39, 0.29) is 17.3 Å². The molecule has 0 saturated heterocycles. The first-order chi connectivity index (χ1) is 5.91. The molecular weight excluding hydrogens is 164 g/mol. The Morgan fingerprint density at radius 1 is 1.54 bits per heavy atom. The van der Waals surface area contributed by atoms with Gasteiger partial charge in [-0.25, -0.2) is 0 Å². The van der Waals surface area contributed by atoms with E-state index in [1.165, 1.54) is 5.57 Å². The van der Waals surface area contributed by atoms with Gasteiger partial charge in [0.05, 0.1) is 5.92 Å². The Hall–Kier alpha value is -0.790. The molecule has 1 aliphatic carbocycles. The normalized spacial score (nSPS) is 31.5. The van der Waals surface area contributed by atoms with Crippen molar-refractivity contribution >= 4 is 5.97 Å². The second-order valence-corrected chi connectivity index (χ2v) is 4.53. The molecule has 0 radical (unpaired) electrons. The number of allylic oxidation sites excluding steroid dienone is 2. The molecule has 1 N–H and O–H groups in total. The summed E-state index contributed by atoms with van der Waals surface area (Å²) in [6.07, 6.45) is 3.14. The summed E-state index contributed by atoms with van der Waals surface area (Å²) in [6, 6.07) is 0. The lowest BCUT2D eigenvalue weighted by molar-refractivity contribution is -0.139. The van der Waals surface area contributed by atoms with E-state index in [1.54, 1.807) is 0 Å². The molecule has 1 fully saturated rings. The van der Waals surface area contributed by atoms with Gasteiger partial charge in [-0.2, -0.15) is 0 Å². The van der Waals surface area contributed by atoms with Crippen LogP contribution >= 0.6 is 0 Å². The summed E-state index contributed by atoms with van der Waals surface area (Å²) in [6.45, 7) is 8.20. The highest BCUT2D eigenvalue weighted by Gasteiger charge is 2.60. The molecule has 0 aromatic carbocycles. The molecule has 0 amide bonds. The minimum Gasteiger partial charge on any atom is -0.481 e. The molecule has 0 bridgehead atoms. The molecule has 74 valence electrons. The van der Waals surface area contributed by atoms with E-state index in [0.717, 1.165) is 6.42 Å². The van der Waals surface area contributed by atoms with E-state index in [4.69, 9.17) is 5.11 Å². The van der Waals surface area contributed by atoms with Gasteiger partial charge < -0.3 is 5.11 Å². The van der Waals surface area contributed by atoms with Crippen molar-refractivity contribution in [1.29, 1.82) is 0 Å². The van der Waals surface area contributed by atoms with E-state index >= 15 is 0 Å². The van der Waals surface area contributed by atoms with Crippen LogP contribution in [0.1, 0.15) is 34.1 Å². The summed E-state index contributed by atoms with van der Waals surface area (Å²) in [5.74, 6) is -0.589. The number of rotatable bonds is 3. The topological polar surface area (TPSA) is 37.3 Å². The zero-order valence-electron chi connectivity index (χ0n) is 8.79. The van der Waals surface area contributed by atoms with Gasteiger partial charge in [-0.15, -0.1) is 0 Å². The fourth-order valence-electron chi connectivity index (χ4n) is 1.88. The molecule has 2 nitrogen and oxygen atoms in total. The van der Waals surface area contributed by atoms with Gasteiger partial charge in [0.25, 0.3) is 0 Å². The standard InChI is InChI=1S/C11H18O2/c1-5-7(2)6-8-9(10(12)13)11(8,3)4/h6,8-9H,5H2,1-4H3,(H,12,13). The maximum atomic E-state index is 10.8. The molecule has 0 aromatic heterocycles. The monoisotopic (exact) mass is 182 g/mol. The van der Waals surface area contributed by atoms with E-state index in [9.17, 15) is 4.79 Å². The molecule has 13 heavy (non-hydrogen) atoms. The smallest absolute Gasteiger partial charge is 0.307 e. The highest BCUT2D eigenvalue weighted by molar-refractivity contribution is 5.76. The van der Waals surface area contributed by atoms with Crippen molar-refractivity contribution in [3.63, 3.8) is 0 Å². The quantitative estimate of drug-likeness (QED) is 0.681. The predicted molar refractivity (Wildman–Crippen MR) is 52.4 cm³/mol. The SMILES string of the molecule is CCC(C)=CC1C(C(=O)O)C1(C)C. The first kappa shape index (κ1) is 10.3. The van der Waals surface area contributed by atoms with Crippen molar-refractivity contribution in [1.82, 2.24) is 0 Å². The van der Waals surface area contributed by atoms with Gasteiger partial charge in [0, 0.05) is 0 Å². The van der Waals surface area contributed by atoms with Crippen molar-refractivity contribution in [2.45, 2.75) is 34.1 Å². The molecule has 2 atom stereocenters. The average Bonchev–Trinajstić information content (AvgIpc) is 2.53. The number of carbonyl (C=O) groups is 1. The van der Waals surface area contributed by atoms with Crippen LogP contribution < -0.4 is 0 Å². The maximum Gasteiger partial charge on any atom is 0.307 e. The Bertz CT molecular complexity index is 251. The molecule has 1 saturated carbocycles. The lowest BCUT2D eigenvalue weighted by Crippen LogP contribution is -2.03. The summed E-state index contributed by atoms with van der Waals surface area (Å²) in [5, 5.41) is 8.92. The Balaban J connectivity index is 2.71. The van der Waals surface area contributed by atoms with E-state index in [0.29, 0.717) is 0 Å². The number of hydrogen-bond donors (Lipinski definition) is 1. The summed E-state index contributed by atoms with van der Waals surface area (Å²) >= 11 is 0. The summed E-state index contributed by atoms with van der Waals surface area (Å²) in [4.78, 5) is 10.8. The van der Waals surface area contributed by atoms with Gasteiger partial charge in [-0.3, -0.25) is 4.79 Å². The minimum absolute atomic E-state index is 0.0394. The van der Waals surface area contributed by atoms with Crippen LogP contribution in [0.15, 0.2) is 11.6 Å². The third-order valence-corrected chi connectivity index (χ3v) is 3.20. The van der Waals surface area contributed by atoms with Crippen molar-refractivity contribution in [2.24, 2.45) is 17.3 Å². The molecule has 2 unspecified atom stereocenters. The van der Waals surface area contributed by atoms with Gasteiger partial charge in [-0.1, -0.05) is 32.4 Å². The first-order valence-corrected chi connectivity index (χ1v) is 4.81. The van der Waals surface area contributed by atoms with Crippen molar-refractivity contribution in [3.05, 3.63) is 11.6 Å². The van der Waals surface area contributed by atoms with Crippen LogP contribution in [-0.2, 0) is 4.79 Å².